The van der Waals surface area contributed by atoms with E-state index in [-0.39, 0.29) is 35.4 Å². The first kappa shape index (κ1) is 20.6. The summed E-state index contributed by atoms with van der Waals surface area (Å²) in [4.78, 5) is 14.3. The zero-order chi connectivity index (χ0) is 21.5. The van der Waals surface area contributed by atoms with Crippen LogP contribution in [0.1, 0.15) is 35.7 Å². The van der Waals surface area contributed by atoms with Gasteiger partial charge < -0.3 is 4.90 Å². The minimum Gasteiger partial charge on any atom is -0.342 e. The summed E-state index contributed by atoms with van der Waals surface area (Å²) < 4.78 is 54.6. The Hall–Kier alpha value is -2.68. The molecule has 0 N–H and O–H groups in total. The Balaban J connectivity index is 1.56. The van der Waals surface area contributed by atoms with E-state index in [9.17, 15) is 22.4 Å². The van der Waals surface area contributed by atoms with E-state index in [1.54, 1.807) is 4.90 Å². The third-order valence-electron chi connectivity index (χ3n) is 5.28. The van der Waals surface area contributed by atoms with Gasteiger partial charge in [-0.2, -0.15) is 13.2 Å². The molecular formula is C20H17ClF4N4O. The average Bonchev–Trinajstić information content (AvgIpc) is 3.13. The Kier molecular flexibility index (Phi) is 5.40. The number of hydrogen-bond donors (Lipinski definition) is 0. The standard InChI is InChI=1S/C20H17ClF4N4O/c21-15-4-1-5-16(22)14(15)9-18(30)28-8-2-3-12(10-28)19-27-26-17-7-6-13(11-29(17)19)20(23,24)25/h1,4-7,11-12H,2-3,8-10H2. The Labute approximate surface area is 174 Å². The second-order valence-electron chi connectivity index (χ2n) is 7.26. The van der Waals surface area contributed by atoms with Gasteiger partial charge in [-0.3, -0.25) is 9.20 Å². The van der Waals surface area contributed by atoms with E-state index in [1.807, 2.05) is 0 Å². The molecule has 1 aliphatic heterocycles. The van der Waals surface area contributed by atoms with E-state index >= 15 is 0 Å². The van der Waals surface area contributed by atoms with E-state index in [2.05, 4.69) is 10.2 Å². The summed E-state index contributed by atoms with van der Waals surface area (Å²) in [5.41, 5.74) is -0.359. The Morgan fingerprint density at radius 2 is 2.00 bits per heavy atom. The number of carbonyl (C=O) groups excluding carboxylic acids is 1. The molecule has 3 heterocycles. The number of rotatable bonds is 3. The molecule has 3 aromatic rings. The number of aromatic nitrogens is 3. The van der Waals surface area contributed by atoms with Crippen LogP contribution in [0, 0.1) is 5.82 Å². The van der Waals surface area contributed by atoms with Gasteiger partial charge in [0.25, 0.3) is 0 Å². The number of carbonyl (C=O) groups is 1. The topological polar surface area (TPSA) is 50.5 Å². The number of piperidine rings is 1. The number of halogens is 5. The second-order valence-corrected chi connectivity index (χ2v) is 7.67. The molecule has 1 aliphatic rings. The first-order valence-corrected chi connectivity index (χ1v) is 9.74. The molecular weight excluding hydrogens is 424 g/mol. The van der Waals surface area contributed by atoms with Crippen molar-refractivity contribution in [3.63, 3.8) is 0 Å². The molecule has 0 spiro atoms. The van der Waals surface area contributed by atoms with E-state index in [1.165, 1.54) is 28.7 Å². The Morgan fingerprint density at radius 1 is 1.20 bits per heavy atom. The number of pyridine rings is 1. The van der Waals surface area contributed by atoms with Gasteiger partial charge >= 0.3 is 6.18 Å². The zero-order valence-electron chi connectivity index (χ0n) is 15.7. The average molecular weight is 441 g/mol. The summed E-state index contributed by atoms with van der Waals surface area (Å²) in [6.07, 6.45) is -2.39. The third kappa shape index (κ3) is 3.98. The number of fused-ring (bicyclic) bond motifs is 1. The minimum atomic E-state index is -4.48. The van der Waals surface area contributed by atoms with Crippen molar-refractivity contribution in [3.05, 3.63) is 64.3 Å². The smallest absolute Gasteiger partial charge is 0.342 e. The van der Waals surface area contributed by atoms with E-state index in [4.69, 9.17) is 11.6 Å². The first-order valence-electron chi connectivity index (χ1n) is 9.36. The largest absolute Gasteiger partial charge is 0.417 e. The van der Waals surface area contributed by atoms with Crippen LogP contribution in [0.5, 0.6) is 0 Å². The second kappa shape index (κ2) is 7.86. The number of hydrogen-bond acceptors (Lipinski definition) is 3. The number of amides is 1. The van der Waals surface area contributed by atoms with Crippen molar-refractivity contribution in [3.8, 4) is 0 Å². The normalized spacial score (nSPS) is 17.5. The Bertz CT molecular complexity index is 1080. The summed E-state index contributed by atoms with van der Waals surface area (Å²) in [5.74, 6) is -0.751. The SMILES string of the molecule is O=C(Cc1c(F)cccc1Cl)N1CCCC(c2nnc3ccc(C(F)(F)F)cn23)C1. The Morgan fingerprint density at radius 3 is 2.73 bits per heavy atom. The van der Waals surface area contributed by atoms with E-state index in [0.717, 1.165) is 12.3 Å². The lowest BCUT2D eigenvalue weighted by Gasteiger charge is -2.32. The van der Waals surface area contributed by atoms with Crippen LogP contribution in [0.2, 0.25) is 5.02 Å². The van der Waals surface area contributed by atoms with Crippen LogP contribution in [0.15, 0.2) is 36.5 Å². The highest BCUT2D eigenvalue weighted by Gasteiger charge is 2.33. The molecule has 5 nitrogen and oxygen atoms in total. The predicted molar refractivity (Wildman–Crippen MR) is 102 cm³/mol. The fraction of sp³-hybridized carbons (Fsp3) is 0.350. The van der Waals surface area contributed by atoms with Crippen LogP contribution in [0.4, 0.5) is 17.6 Å². The van der Waals surface area contributed by atoms with Crippen LogP contribution in [0.25, 0.3) is 5.65 Å². The van der Waals surface area contributed by atoms with Gasteiger partial charge in [0.1, 0.15) is 11.6 Å². The molecule has 1 unspecified atom stereocenters. The van der Waals surface area contributed by atoms with Crippen LogP contribution >= 0.6 is 11.6 Å². The molecule has 10 heteroatoms. The minimum absolute atomic E-state index is 0.133. The number of alkyl halides is 3. The molecule has 2 aromatic heterocycles. The van der Waals surface area contributed by atoms with Crippen molar-refractivity contribution in [1.82, 2.24) is 19.5 Å². The molecule has 1 fully saturated rings. The van der Waals surface area contributed by atoms with Gasteiger partial charge in [0.15, 0.2) is 5.65 Å². The zero-order valence-corrected chi connectivity index (χ0v) is 16.4. The van der Waals surface area contributed by atoms with Crippen LogP contribution in [0.3, 0.4) is 0 Å². The predicted octanol–water partition coefficient (Wildman–Crippen LogP) is 4.49. The summed E-state index contributed by atoms with van der Waals surface area (Å²) >= 11 is 6.02. The summed E-state index contributed by atoms with van der Waals surface area (Å²) in [7, 11) is 0. The van der Waals surface area contributed by atoms with Crippen molar-refractivity contribution in [2.24, 2.45) is 0 Å². The highest BCUT2D eigenvalue weighted by molar-refractivity contribution is 6.31. The lowest BCUT2D eigenvalue weighted by molar-refractivity contribution is -0.137. The van der Waals surface area contributed by atoms with Crippen LogP contribution in [-0.2, 0) is 17.4 Å². The number of nitrogens with zero attached hydrogens (tertiary/aromatic N) is 4. The highest BCUT2D eigenvalue weighted by Crippen LogP contribution is 2.31. The van der Waals surface area contributed by atoms with Gasteiger partial charge in [0, 0.05) is 35.8 Å². The van der Waals surface area contributed by atoms with Gasteiger partial charge in [-0.25, -0.2) is 4.39 Å². The fourth-order valence-electron chi connectivity index (χ4n) is 3.73. The monoisotopic (exact) mass is 440 g/mol. The molecule has 1 aromatic carbocycles. The fourth-order valence-corrected chi connectivity index (χ4v) is 3.96. The number of benzene rings is 1. The number of likely N-dealkylation sites (tertiary alicyclic amines) is 1. The molecule has 1 saturated heterocycles. The molecule has 1 atom stereocenters. The first-order chi connectivity index (χ1) is 14.2. The van der Waals surface area contributed by atoms with Gasteiger partial charge in [-0.1, -0.05) is 17.7 Å². The molecule has 1 amide bonds. The van der Waals surface area contributed by atoms with Crippen molar-refractivity contribution in [2.45, 2.75) is 31.4 Å². The molecule has 0 saturated carbocycles. The quantitative estimate of drug-likeness (QED) is 0.564. The molecule has 0 radical (unpaired) electrons. The van der Waals surface area contributed by atoms with Crippen LogP contribution in [-0.4, -0.2) is 38.5 Å². The van der Waals surface area contributed by atoms with Gasteiger partial charge in [0.2, 0.25) is 5.91 Å². The molecule has 4 rings (SSSR count). The lowest BCUT2D eigenvalue weighted by atomic mass is 9.96. The summed E-state index contributed by atoms with van der Waals surface area (Å²) in [6.45, 7) is 0.744. The van der Waals surface area contributed by atoms with Crippen molar-refractivity contribution in [1.29, 1.82) is 0 Å². The van der Waals surface area contributed by atoms with Crippen LogP contribution < -0.4 is 0 Å². The highest BCUT2D eigenvalue weighted by atomic mass is 35.5. The third-order valence-corrected chi connectivity index (χ3v) is 5.64. The molecule has 158 valence electrons. The molecule has 0 aliphatic carbocycles. The van der Waals surface area contributed by atoms with Gasteiger partial charge in [-0.15, -0.1) is 10.2 Å². The molecule has 0 bridgehead atoms. The van der Waals surface area contributed by atoms with Crippen molar-refractivity contribution >= 4 is 23.2 Å². The van der Waals surface area contributed by atoms with Crippen molar-refractivity contribution < 1.29 is 22.4 Å². The maximum absolute atomic E-state index is 14.0. The maximum atomic E-state index is 14.0. The molecule has 30 heavy (non-hydrogen) atoms. The summed E-state index contributed by atoms with van der Waals surface area (Å²) in [5, 5.41) is 8.21. The van der Waals surface area contributed by atoms with E-state index < -0.39 is 17.6 Å². The summed E-state index contributed by atoms with van der Waals surface area (Å²) in [6, 6.07) is 6.46. The van der Waals surface area contributed by atoms with Gasteiger partial charge in [-0.05, 0) is 37.1 Å². The lowest BCUT2D eigenvalue weighted by Crippen LogP contribution is -2.40. The maximum Gasteiger partial charge on any atom is 0.417 e. The van der Waals surface area contributed by atoms with Gasteiger partial charge in [0.05, 0.1) is 12.0 Å². The van der Waals surface area contributed by atoms with E-state index in [0.29, 0.717) is 30.9 Å². The van der Waals surface area contributed by atoms with Crippen molar-refractivity contribution in [2.75, 3.05) is 13.1 Å².